The van der Waals surface area contributed by atoms with E-state index in [2.05, 4.69) is 0 Å². The number of anilines is 1. The molecule has 13 heteroatoms. The first-order chi connectivity index (χ1) is 15.3. The Morgan fingerprint density at radius 2 is 1.85 bits per heavy atom. The Kier molecular flexibility index (Phi) is 7.04. The summed E-state index contributed by atoms with van der Waals surface area (Å²) in [5, 5.41) is 10.9. The highest BCUT2D eigenvalue weighted by molar-refractivity contribution is 7.99. The molecule has 178 valence electrons. The largest absolute Gasteiger partial charge is 0.426 e. The molecule has 0 aliphatic carbocycles. The van der Waals surface area contributed by atoms with E-state index >= 15 is 0 Å². The fraction of sp³-hybridized carbons (Fsp3) is 0.300. The monoisotopic (exact) mass is 522 g/mol. The van der Waals surface area contributed by atoms with Crippen LogP contribution in [-0.2, 0) is 14.6 Å². The zero-order chi connectivity index (χ0) is 24.6. The summed E-state index contributed by atoms with van der Waals surface area (Å²) in [5.74, 6) is -1.05. The maximum atomic E-state index is 13.2. The van der Waals surface area contributed by atoms with E-state index in [0.717, 1.165) is 24.0 Å². The summed E-state index contributed by atoms with van der Waals surface area (Å²) in [7, 11) is -4.24. The van der Waals surface area contributed by atoms with Crippen LogP contribution in [0.25, 0.3) is 0 Å². The number of amides is 2. The van der Waals surface area contributed by atoms with Crippen LogP contribution in [0.4, 0.5) is 18.9 Å². The van der Waals surface area contributed by atoms with Crippen molar-refractivity contribution < 1.29 is 36.3 Å². The van der Waals surface area contributed by atoms with Crippen LogP contribution in [0, 0.1) is 0 Å². The van der Waals surface area contributed by atoms with Crippen molar-refractivity contribution in [3.8, 4) is 0 Å². The number of hydrogen-bond acceptors (Lipinski definition) is 6. The second-order valence-corrected chi connectivity index (χ2v) is 10.7. The van der Waals surface area contributed by atoms with Gasteiger partial charge in [0.1, 0.15) is 0 Å². The standard InChI is InChI=1S/C20H18ClF3N2O5S2/c1-19(29,20(22,23)24)18(28)25-15-7-6-12(10-14(15)21)33(30,31)16-5-3-2-4-13(16)17(27)26-8-9-32-11-26/h2-7,10,29H,8-9,11H2,1H3,(H,25,28). The number of thioether (sulfide) groups is 1. The molecule has 1 aliphatic rings. The molecule has 1 unspecified atom stereocenters. The Hall–Kier alpha value is -2.28. The summed E-state index contributed by atoms with van der Waals surface area (Å²) in [6.07, 6.45) is -5.24. The lowest BCUT2D eigenvalue weighted by Gasteiger charge is -2.25. The van der Waals surface area contributed by atoms with Crippen LogP contribution in [-0.4, -0.2) is 60.2 Å². The highest BCUT2D eigenvalue weighted by Gasteiger charge is 2.55. The minimum atomic E-state index is -5.24. The molecule has 0 bridgehead atoms. The highest BCUT2D eigenvalue weighted by atomic mass is 35.5. The van der Waals surface area contributed by atoms with E-state index in [1.54, 1.807) is 11.8 Å². The van der Waals surface area contributed by atoms with Gasteiger partial charge in [0.25, 0.3) is 11.8 Å². The van der Waals surface area contributed by atoms with Crippen molar-refractivity contribution in [2.45, 2.75) is 28.5 Å². The SMILES string of the molecule is CC(O)(C(=O)Nc1ccc(S(=O)(=O)c2ccccc2C(=O)N2CCSC2)cc1Cl)C(F)(F)F. The minimum Gasteiger partial charge on any atom is -0.373 e. The van der Waals surface area contributed by atoms with Gasteiger partial charge in [0, 0.05) is 12.3 Å². The van der Waals surface area contributed by atoms with Gasteiger partial charge in [0.05, 0.1) is 31.9 Å². The lowest BCUT2D eigenvalue weighted by molar-refractivity contribution is -0.242. The summed E-state index contributed by atoms with van der Waals surface area (Å²) in [6, 6.07) is 8.64. The zero-order valence-electron chi connectivity index (χ0n) is 17.0. The molecule has 33 heavy (non-hydrogen) atoms. The van der Waals surface area contributed by atoms with Gasteiger partial charge in [-0.15, -0.1) is 11.8 Å². The van der Waals surface area contributed by atoms with Crippen LogP contribution in [0.5, 0.6) is 0 Å². The summed E-state index contributed by atoms with van der Waals surface area (Å²) in [6.45, 7) is 0.766. The number of carbonyl (C=O) groups is 2. The Balaban J connectivity index is 1.93. The van der Waals surface area contributed by atoms with E-state index < -0.39 is 33.4 Å². The molecule has 2 N–H and O–H groups in total. The molecule has 7 nitrogen and oxygen atoms in total. The Morgan fingerprint density at radius 3 is 2.42 bits per heavy atom. The van der Waals surface area contributed by atoms with E-state index in [9.17, 15) is 36.3 Å². The first-order valence-electron chi connectivity index (χ1n) is 9.38. The van der Waals surface area contributed by atoms with E-state index in [4.69, 9.17) is 11.6 Å². The summed E-state index contributed by atoms with van der Waals surface area (Å²) >= 11 is 7.56. The predicted molar refractivity (Wildman–Crippen MR) is 117 cm³/mol. The van der Waals surface area contributed by atoms with Crippen molar-refractivity contribution in [2.24, 2.45) is 0 Å². The van der Waals surface area contributed by atoms with Gasteiger partial charge in [0.15, 0.2) is 0 Å². The number of carbonyl (C=O) groups excluding carboxylic acids is 2. The molecule has 1 saturated heterocycles. The molecule has 1 fully saturated rings. The lowest BCUT2D eigenvalue weighted by atomic mass is 10.1. The van der Waals surface area contributed by atoms with Gasteiger partial charge in [-0.25, -0.2) is 8.42 Å². The Morgan fingerprint density at radius 1 is 1.18 bits per heavy atom. The number of sulfone groups is 1. The molecule has 1 aliphatic heterocycles. The van der Waals surface area contributed by atoms with Crippen LogP contribution in [0.2, 0.25) is 5.02 Å². The fourth-order valence-corrected chi connectivity index (χ4v) is 5.60. The quantitative estimate of drug-likeness (QED) is 0.622. The maximum absolute atomic E-state index is 13.2. The molecule has 1 heterocycles. The number of alkyl halides is 3. The summed E-state index contributed by atoms with van der Waals surface area (Å²) in [5.41, 5.74) is -4.04. The van der Waals surface area contributed by atoms with E-state index in [1.807, 2.05) is 5.32 Å². The minimum absolute atomic E-state index is 0.0188. The average Bonchev–Trinajstić information content (AvgIpc) is 3.28. The molecule has 2 amide bonds. The number of benzene rings is 2. The third kappa shape index (κ3) is 4.98. The predicted octanol–water partition coefficient (Wildman–Crippen LogP) is 3.57. The van der Waals surface area contributed by atoms with E-state index in [0.29, 0.717) is 12.4 Å². The number of rotatable bonds is 5. The first kappa shape index (κ1) is 25.3. The van der Waals surface area contributed by atoms with Crippen LogP contribution < -0.4 is 5.32 Å². The van der Waals surface area contributed by atoms with Crippen molar-refractivity contribution in [3.05, 3.63) is 53.1 Å². The fourth-order valence-electron chi connectivity index (χ4n) is 2.89. The Labute approximate surface area is 196 Å². The van der Waals surface area contributed by atoms with Crippen LogP contribution in [0.1, 0.15) is 17.3 Å². The molecule has 0 spiro atoms. The number of aliphatic hydroxyl groups is 1. The summed E-state index contributed by atoms with van der Waals surface area (Å²) in [4.78, 5) is 25.6. The summed E-state index contributed by atoms with van der Waals surface area (Å²) < 4.78 is 65.0. The van der Waals surface area contributed by atoms with Crippen molar-refractivity contribution in [2.75, 3.05) is 23.5 Å². The third-order valence-electron chi connectivity index (χ3n) is 4.94. The topological polar surface area (TPSA) is 104 Å². The van der Waals surface area contributed by atoms with Crippen molar-refractivity contribution in [3.63, 3.8) is 0 Å². The van der Waals surface area contributed by atoms with Crippen LogP contribution >= 0.6 is 23.4 Å². The van der Waals surface area contributed by atoms with Crippen molar-refractivity contribution in [1.29, 1.82) is 0 Å². The van der Waals surface area contributed by atoms with Crippen molar-refractivity contribution in [1.82, 2.24) is 4.90 Å². The van der Waals surface area contributed by atoms with Gasteiger partial charge in [-0.1, -0.05) is 23.7 Å². The van der Waals surface area contributed by atoms with Gasteiger partial charge in [0.2, 0.25) is 15.4 Å². The second-order valence-electron chi connectivity index (χ2n) is 7.27. The van der Waals surface area contributed by atoms with Crippen LogP contribution in [0.15, 0.2) is 52.3 Å². The van der Waals surface area contributed by atoms with E-state index in [1.165, 1.54) is 29.2 Å². The molecular formula is C20H18ClF3N2O5S2. The molecule has 0 saturated carbocycles. The third-order valence-corrected chi connectivity index (χ3v) is 8.03. The molecule has 0 radical (unpaired) electrons. The molecular weight excluding hydrogens is 505 g/mol. The molecule has 0 aromatic heterocycles. The maximum Gasteiger partial charge on any atom is 0.426 e. The molecule has 1 atom stereocenters. The molecule has 3 rings (SSSR count). The lowest BCUT2D eigenvalue weighted by Crippen LogP contribution is -2.52. The van der Waals surface area contributed by atoms with Crippen molar-refractivity contribution >= 4 is 50.7 Å². The Bertz CT molecular complexity index is 1200. The number of nitrogens with zero attached hydrogens (tertiary/aromatic N) is 1. The zero-order valence-corrected chi connectivity index (χ0v) is 19.4. The van der Waals surface area contributed by atoms with Crippen LogP contribution in [0.3, 0.4) is 0 Å². The number of nitrogens with one attached hydrogen (secondary N) is 1. The average molecular weight is 523 g/mol. The first-order valence-corrected chi connectivity index (χ1v) is 12.4. The highest BCUT2D eigenvalue weighted by Crippen LogP contribution is 2.34. The molecule has 2 aromatic carbocycles. The van der Waals surface area contributed by atoms with Gasteiger partial charge in [-0.3, -0.25) is 9.59 Å². The smallest absolute Gasteiger partial charge is 0.373 e. The van der Waals surface area contributed by atoms with E-state index in [-0.39, 0.29) is 33.0 Å². The normalized spacial score (nSPS) is 16.4. The number of halogens is 4. The van der Waals surface area contributed by atoms with Gasteiger partial charge < -0.3 is 15.3 Å². The molecule has 2 aromatic rings. The van der Waals surface area contributed by atoms with Gasteiger partial charge in [-0.05, 0) is 37.3 Å². The van der Waals surface area contributed by atoms with Gasteiger partial charge >= 0.3 is 6.18 Å². The number of hydrogen-bond donors (Lipinski definition) is 2. The van der Waals surface area contributed by atoms with Gasteiger partial charge in [-0.2, -0.15) is 13.2 Å². The second kappa shape index (κ2) is 9.16.